The Hall–Kier alpha value is -0.350. The Morgan fingerprint density at radius 2 is 2.13 bits per heavy atom. The van der Waals surface area contributed by atoms with E-state index < -0.39 is 9.84 Å². The van der Waals surface area contributed by atoms with Gasteiger partial charge in [0.05, 0.1) is 5.75 Å². The van der Waals surface area contributed by atoms with Crippen LogP contribution in [0.5, 0.6) is 0 Å². The van der Waals surface area contributed by atoms with Crippen LogP contribution in [0.2, 0.25) is 0 Å². The standard InChI is InChI=1S/C11H19NO2S/c1-11(2)6-3-4-10(11)12-9-5-7-15(13,14)8-9/h5,7,9-10,12H,3-4,6,8H2,1-2H3. The van der Waals surface area contributed by atoms with Gasteiger partial charge in [-0.15, -0.1) is 0 Å². The molecule has 0 amide bonds. The second kappa shape index (κ2) is 3.59. The van der Waals surface area contributed by atoms with Crippen molar-refractivity contribution in [2.24, 2.45) is 5.41 Å². The molecule has 86 valence electrons. The maximum absolute atomic E-state index is 11.2. The summed E-state index contributed by atoms with van der Waals surface area (Å²) in [5.74, 6) is 0.236. The third kappa shape index (κ3) is 2.42. The molecule has 1 N–H and O–H groups in total. The van der Waals surface area contributed by atoms with Crippen LogP contribution in [0.15, 0.2) is 11.5 Å². The first kappa shape index (κ1) is 11.1. The van der Waals surface area contributed by atoms with E-state index in [0.717, 1.165) is 6.42 Å². The molecule has 1 saturated carbocycles. The summed E-state index contributed by atoms with van der Waals surface area (Å²) in [7, 11) is -2.92. The number of hydrogen-bond donors (Lipinski definition) is 1. The van der Waals surface area contributed by atoms with Gasteiger partial charge in [0.1, 0.15) is 0 Å². The van der Waals surface area contributed by atoms with E-state index in [-0.39, 0.29) is 11.8 Å². The van der Waals surface area contributed by atoms with E-state index in [2.05, 4.69) is 19.2 Å². The molecule has 1 fully saturated rings. The fourth-order valence-electron chi connectivity index (χ4n) is 2.57. The fraction of sp³-hybridized carbons (Fsp3) is 0.818. The van der Waals surface area contributed by atoms with Gasteiger partial charge in [-0.1, -0.05) is 26.3 Å². The van der Waals surface area contributed by atoms with Gasteiger partial charge < -0.3 is 5.32 Å². The maximum atomic E-state index is 11.2. The van der Waals surface area contributed by atoms with Crippen LogP contribution in [0.3, 0.4) is 0 Å². The molecule has 1 aliphatic carbocycles. The van der Waals surface area contributed by atoms with E-state index in [1.807, 2.05) is 0 Å². The molecule has 0 radical (unpaired) electrons. The van der Waals surface area contributed by atoms with Crippen molar-refractivity contribution in [3.8, 4) is 0 Å². The van der Waals surface area contributed by atoms with Gasteiger partial charge in [-0.3, -0.25) is 0 Å². The van der Waals surface area contributed by atoms with Crippen molar-refractivity contribution < 1.29 is 8.42 Å². The lowest BCUT2D eigenvalue weighted by Crippen LogP contribution is -2.44. The van der Waals surface area contributed by atoms with Crippen molar-refractivity contribution in [1.29, 1.82) is 0 Å². The van der Waals surface area contributed by atoms with Crippen LogP contribution in [0, 0.1) is 5.41 Å². The first-order valence-corrected chi connectivity index (χ1v) is 7.28. The normalized spacial score (nSPS) is 37.2. The zero-order valence-corrected chi connectivity index (χ0v) is 10.2. The van der Waals surface area contributed by atoms with Gasteiger partial charge in [-0.2, -0.15) is 0 Å². The van der Waals surface area contributed by atoms with Crippen molar-refractivity contribution in [2.45, 2.75) is 45.2 Å². The molecule has 2 rings (SSSR count). The van der Waals surface area contributed by atoms with Gasteiger partial charge in [0.2, 0.25) is 0 Å². The van der Waals surface area contributed by atoms with Crippen LogP contribution in [-0.2, 0) is 9.84 Å². The zero-order valence-electron chi connectivity index (χ0n) is 9.36. The lowest BCUT2D eigenvalue weighted by molar-refractivity contribution is 0.277. The van der Waals surface area contributed by atoms with Crippen LogP contribution < -0.4 is 5.32 Å². The average molecular weight is 229 g/mol. The Morgan fingerprint density at radius 3 is 2.60 bits per heavy atom. The van der Waals surface area contributed by atoms with Gasteiger partial charge in [0, 0.05) is 17.5 Å². The maximum Gasteiger partial charge on any atom is 0.173 e. The molecule has 4 heteroatoms. The summed E-state index contributed by atoms with van der Waals surface area (Å²) in [5.41, 5.74) is 0.306. The second-order valence-corrected chi connectivity index (χ2v) is 7.30. The van der Waals surface area contributed by atoms with Gasteiger partial charge in [-0.25, -0.2) is 8.42 Å². The first-order valence-electron chi connectivity index (χ1n) is 5.56. The van der Waals surface area contributed by atoms with E-state index >= 15 is 0 Å². The van der Waals surface area contributed by atoms with Crippen LogP contribution in [0.1, 0.15) is 33.1 Å². The highest BCUT2D eigenvalue weighted by atomic mass is 32.2. The molecular formula is C11H19NO2S. The predicted octanol–water partition coefficient (Wildman–Crippen LogP) is 1.47. The topological polar surface area (TPSA) is 46.2 Å². The minimum Gasteiger partial charge on any atom is -0.306 e. The highest BCUT2D eigenvalue weighted by Gasteiger charge is 2.36. The summed E-state index contributed by atoms with van der Waals surface area (Å²) in [6.45, 7) is 4.51. The van der Waals surface area contributed by atoms with Crippen molar-refractivity contribution >= 4 is 9.84 Å². The highest BCUT2D eigenvalue weighted by Crippen LogP contribution is 2.37. The fourth-order valence-corrected chi connectivity index (χ4v) is 3.82. The van der Waals surface area contributed by atoms with E-state index in [4.69, 9.17) is 0 Å². The van der Waals surface area contributed by atoms with Crippen molar-refractivity contribution in [3.05, 3.63) is 11.5 Å². The number of nitrogens with one attached hydrogen (secondary N) is 1. The molecule has 0 spiro atoms. The van der Waals surface area contributed by atoms with E-state index in [0.29, 0.717) is 11.5 Å². The minimum absolute atomic E-state index is 0.0253. The molecule has 2 atom stereocenters. The monoisotopic (exact) mass is 229 g/mol. The summed E-state index contributed by atoms with van der Waals surface area (Å²) in [6.07, 6.45) is 5.42. The molecule has 15 heavy (non-hydrogen) atoms. The molecule has 0 bridgehead atoms. The Morgan fingerprint density at radius 1 is 1.40 bits per heavy atom. The molecule has 1 heterocycles. The van der Waals surface area contributed by atoms with Gasteiger partial charge in [0.25, 0.3) is 0 Å². The lowest BCUT2D eigenvalue weighted by Gasteiger charge is -2.30. The molecule has 2 aliphatic rings. The largest absolute Gasteiger partial charge is 0.306 e. The second-order valence-electron chi connectivity index (χ2n) is 5.36. The van der Waals surface area contributed by atoms with Crippen LogP contribution >= 0.6 is 0 Å². The summed E-state index contributed by atoms with van der Waals surface area (Å²) < 4.78 is 22.5. The minimum atomic E-state index is -2.92. The Balaban J connectivity index is 1.97. The molecule has 0 aromatic heterocycles. The lowest BCUT2D eigenvalue weighted by atomic mass is 9.87. The van der Waals surface area contributed by atoms with Gasteiger partial charge in [-0.05, 0) is 18.3 Å². The molecule has 0 aromatic carbocycles. The molecule has 2 unspecified atom stereocenters. The molecule has 3 nitrogen and oxygen atoms in total. The highest BCUT2D eigenvalue weighted by molar-refractivity contribution is 7.94. The smallest absolute Gasteiger partial charge is 0.173 e. The molecular weight excluding hydrogens is 210 g/mol. The van der Waals surface area contributed by atoms with Gasteiger partial charge >= 0.3 is 0 Å². The van der Waals surface area contributed by atoms with Crippen LogP contribution in [0.25, 0.3) is 0 Å². The number of hydrogen-bond acceptors (Lipinski definition) is 3. The summed E-state index contributed by atoms with van der Waals surface area (Å²) in [4.78, 5) is 0. The molecule has 1 aliphatic heterocycles. The quantitative estimate of drug-likeness (QED) is 0.780. The number of sulfone groups is 1. The third-order valence-corrected chi connectivity index (χ3v) is 5.00. The van der Waals surface area contributed by atoms with Crippen molar-refractivity contribution in [2.75, 3.05) is 5.75 Å². The SMILES string of the molecule is CC1(C)CCCC1NC1C=CS(=O)(=O)C1. The van der Waals surface area contributed by atoms with Crippen molar-refractivity contribution in [3.63, 3.8) is 0 Å². The average Bonchev–Trinajstić information content (AvgIpc) is 2.57. The van der Waals surface area contributed by atoms with Gasteiger partial charge in [0.15, 0.2) is 9.84 Å². The van der Waals surface area contributed by atoms with Crippen molar-refractivity contribution in [1.82, 2.24) is 5.32 Å². The Kier molecular flexibility index (Phi) is 2.67. The number of rotatable bonds is 2. The van der Waals surface area contributed by atoms with Crippen LogP contribution in [-0.4, -0.2) is 26.3 Å². The van der Waals surface area contributed by atoms with Crippen LogP contribution in [0.4, 0.5) is 0 Å². The molecule has 0 saturated heterocycles. The third-order valence-electron chi connectivity index (χ3n) is 3.60. The van der Waals surface area contributed by atoms with E-state index in [9.17, 15) is 8.42 Å². The first-order chi connectivity index (χ1) is 6.89. The molecule has 0 aromatic rings. The predicted molar refractivity (Wildman–Crippen MR) is 61.3 cm³/mol. The Bertz CT molecular complexity index is 370. The van der Waals surface area contributed by atoms with E-state index in [1.165, 1.54) is 18.2 Å². The Labute approximate surface area is 91.9 Å². The summed E-state index contributed by atoms with van der Waals surface area (Å²) in [5, 5.41) is 4.80. The summed E-state index contributed by atoms with van der Waals surface area (Å²) in [6, 6.07) is 0.484. The van der Waals surface area contributed by atoms with E-state index in [1.54, 1.807) is 6.08 Å². The summed E-state index contributed by atoms with van der Waals surface area (Å²) >= 11 is 0. The zero-order chi connectivity index (χ0) is 11.1.